The highest BCUT2D eigenvalue weighted by molar-refractivity contribution is 5.89. The van der Waals surface area contributed by atoms with Crippen molar-refractivity contribution in [3.8, 4) is 0 Å². The Balaban J connectivity index is 1.71. The molecule has 1 aliphatic heterocycles. The van der Waals surface area contributed by atoms with Crippen LogP contribution >= 0.6 is 0 Å². The summed E-state index contributed by atoms with van der Waals surface area (Å²) in [4.78, 5) is 11.4. The van der Waals surface area contributed by atoms with Gasteiger partial charge in [-0.15, -0.1) is 0 Å². The zero-order valence-corrected chi connectivity index (χ0v) is 12.0. The number of nitrogens with one attached hydrogen (secondary N) is 1. The Bertz CT molecular complexity index is 534. The molecule has 1 aromatic rings. The first kappa shape index (κ1) is 14.4. The molecule has 1 aliphatic carbocycles. The molecule has 0 amide bonds. The van der Waals surface area contributed by atoms with E-state index in [0.29, 0.717) is 5.56 Å². The molecular weight excluding hydrogens is 276 g/mol. The molecule has 0 aromatic heterocycles. The van der Waals surface area contributed by atoms with Gasteiger partial charge in [-0.3, -0.25) is 0 Å². The molecule has 3 nitrogen and oxygen atoms in total. The lowest BCUT2D eigenvalue weighted by Crippen LogP contribution is -2.52. The summed E-state index contributed by atoms with van der Waals surface area (Å²) in [6.45, 7) is 0.763. The van der Waals surface area contributed by atoms with E-state index in [4.69, 9.17) is 0 Å². The number of esters is 1. The molecule has 5 heteroatoms. The van der Waals surface area contributed by atoms with Gasteiger partial charge in [0, 0.05) is 18.9 Å². The molecule has 1 spiro atoms. The molecule has 1 saturated heterocycles. The molecule has 0 bridgehead atoms. The number of alkyl halides is 2. The maximum Gasteiger partial charge on any atom is 0.337 e. The van der Waals surface area contributed by atoms with E-state index in [-0.39, 0.29) is 30.3 Å². The molecule has 0 radical (unpaired) electrons. The van der Waals surface area contributed by atoms with Crippen LogP contribution in [0.3, 0.4) is 0 Å². The summed E-state index contributed by atoms with van der Waals surface area (Å²) in [5, 5.41) is 3.39. The Morgan fingerprint density at radius 2 is 1.95 bits per heavy atom. The van der Waals surface area contributed by atoms with Gasteiger partial charge in [-0.05, 0) is 42.5 Å². The first-order valence-corrected chi connectivity index (χ1v) is 7.23. The van der Waals surface area contributed by atoms with Crippen molar-refractivity contribution in [3.63, 3.8) is 0 Å². The van der Waals surface area contributed by atoms with E-state index in [2.05, 4.69) is 10.1 Å². The molecule has 1 heterocycles. The summed E-state index contributed by atoms with van der Waals surface area (Å²) in [6, 6.07) is 7.28. The van der Waals surface area contributed by atoms with E-state index in [1.807, 2.05) is 12.1 Å². The van der Waals surface area contributed by atoms with Crippen LogP contribution in [0.4, 0.5) is 8.78 Å². The summed E-state index contributed by atoms with van der Waals surface area (Å²) >= 11 is 0. The van der Waals surface area contributed by atoms with Gasteiger partial charge < -0.3 is 10.1 Å². The average Bonchev–Trinajstić information content (AvgIpc) is 2.44. The highest BCUT2D eigenvalue weighted by Gasteiger charge is 2.57. The van der Waals surface area contributed by atoms with Gasteiger partial charge in [-0.2, -0.15) is 0 Å². The van der Waals surface area contributed by atoms with Gasteiger partial charge in [0.2, 0.25) is 5.92 Å². The second kappa shape index (κ2) is 5.05. The van der Waals surface area contributed by atoms with Crippen molar-refractivity contribution in [2.24, 2.45) is 5.41 Å². The van der Waals surface area contributed by atoms with Crippen LogP contribution in [0.15, 0.2) is 24.3 Å². The minimum atomic E-state index is -2.48. The Morgan fingerprint density at radius 1 is 1.29 bits per heavy atom. The standard InChI is InChI=1S/C16H19F2NO2/c1-21-14(20)12-4-2-11(3-5-12)13-8-15(6-7-19-13)9-16(17,18)10-15/h2-5,13,19H,6-10H2,1H3/t13-/m1/s1. The number of benzene rings is 1. The van der Waals surface area contributed by atoms with Crippen LogP contribution in [0, 0.1) is 5.41 Å². The van der Waals surface area contributed by atoms with Crippen molar-refractivity contribution < 1.29 is 18.3 Å². The minimum absolute atomic E-state index is 0.0123. The third kappa shape index (κ3) is 2.79. The summed E-state index contributed by atoms with van der Waals surface area (Å²) in [5.74, 6) is -2.84. The van der Waals surface area contributed by atoms with Gasteiger partial charge in [0.25, 0.3) is 0 Å². The van der Waals surface area contributed by atoms with Gasteiger partial charge in [-0.1, -0.05) is 12.1 Å². The molecule has 2 fully saturated rings. The first-order chi connectivity index (χ1) is 9.93. The Kier molecular flexibility index (Phi) is 3.48. The zero-order valence-electron chi connectivity index (χ0n) is 12.0. The monoisotopic (exact) mass is 295 g/mol. The number of hydrogen-bond donors (Lipinski definition) is 1. The molecule has 114 valence electrons. The second-order valence-corrected chi connectivity index (χ2v) is 6.28. The number of carbonyl (C=O) groups is 1. The van der Waals surface area contributed by atoms with Crippen LogP contribution in [0.25, 0.3) is 0 Å². The number of methoxy groups -OCH3 is 1. The Hall–Kier alpha value is -1.49. The number of piperidine rings is 1. The van der Waals surface area contributed by atoms with Gasteiger partial charge in [0.1, 0.15) is 0 Å². The maximum atomic E-state index is 13.2. The van der Waals surface area contributed by atoms with Crippen molar-refractivity contribution in [3.05, 3.63) is 35.4 Å². The third-order valence-electron chi connectivity index (χ3n) is 4.68. The predicted molar refractivity (Wildman–Crippen MR) is 74.4 cm³/mol. The highest BCUT2D eigenvalue weighted by atomic mass is 19.3. The van der Waals surface area contributed by atoms with Crippen LogP contribution in [0.1, 0.15) is 47.6 Å². The number of ether oxygens (including phenoxy) is 1. The number of hydrogen-bond acceptors (Lipinski definition) is 3. The maximum absolute atomic E-state index is 13.2. The van der Waals surface area contributed by atoms with Crippen molar-refractivity contribution >= 4 is 5.97 Å². The first-order valence-electron chi connectivity index (χ1n) is 7.23. The van der Waals surface area contributed by atoms with E-state index >= 15 is 0 Å². The highest BCUT2D eigenvalue weighted by Crippen LogP contribution is 2.58. The summed E-state index contributed by atoms with van der Waals surface area (Å²) in [7, 11) is 1.35. The van der Waals surface area contributed by atoms with Crippen LogP contribution in [-0.4, -0.2) is 25.5 Å². The van der Waals surface area contributed by atoms with E-state index in [1.54, 1.807) is 12.1 Å². The van der Waals surface area contributed by atoms with Crippen LogP contribution in [-0.2, 0) is 4.74 Å². The van der Waals surface area contributed by atoms with E-state index in [1.165, 1.54) is 7.11 Å². The molecule has 1 atom stereocenters. The average molecular weight is 295 g/mol. The van der Waals surface area contributed by atoms with Crippen LogP contribution in [0.5, 0.6) is 0 Å². The molecule has 21 heavy (non-hydrogen) atoms. The number of carbonyl (C=O) groups excluding carboxylic acids is 1. The SMILES string of the molecule is COC(=O)c1ccc([C@H]2CC3(CCN2)CC(F)(F)C3)cc1. The fraction of sp³-hybridized carbons (Fsp3) is 0.562. The molecule has 1 N–H and O–H groups in total. The molecule has 3 rings (SSSR count). The van der Waals surface area contributed by atoms with Crippen LogP contribution < -0.4 is 5.32 Å². The lowest BCUT2D eigenvalue weighted by Gasteiger charge is -2.52. The topological polar surface area (TPSA) is 38.3 Å². The summed E-state index contributed by atoms with van der Waals surface area (Å²) in [6.07, 6.45) is 1.58. The van der Waals surface area contributed by atoms with E-state index in [9.17, 15) is 13.6 Å². The number of halogens is 2. The van der Waals surface area contributed by atoms with Gasteiger partial charge in [-0.25, -0.2) is 13.6 Å². The largest absolute Gasteiger partial charge is 0.465 e. The van der Waals surface area contributed by atoms with Crippen molar-refractivity contribution in [1.29, 1.82) is 0 Å². The second-order valence-electron chi connectivity index (χ2n) is 6.28. The summed E-state index contributed by atoms with van der Waals surface area (Å²) < 4.78 is 31.1. The minimum Gasteiger partial charge on any atom is -0.465 e. The van der Waals surface area contributed by atoms with Crippen LogP contribution in [0.2, 0.25) is 0 Å². The predicted octanol–water partition coefficient (Wildman–Crippen LogP) is 3.31. The van der Waals surface area contributed by atoms with Crippen molar-refractivity contribution in [2.75, 3.05) is 13.7 Å². The molecular formula is C16H19F2NO2. The molecule has 2 aliphatic rings. The third-order valence-corrected chi connectivity index (χ3v) is 4.68. The fourth-order valence-corrected chi connectivity index (χ4v) is 3.69. The lowest BCUT2D eigenvalue weighted by molar-refractivity contribution is -0.174. The Morgan fingerprint density at radius 3 is 2.52 bits per heavy atom. The fourth-order valence-electron chi connectivity index (χ4n) is 3.69. The van der Waals surface area contributed by atoms with E-state index < -0.39 is 5.92 Å². The quantitative estimate of drug-likeness (QED) is 0.851. The molecule has 0 unspecified atom stereocenters. The van der Waals surface area contributed by atoms with Gasteiger partial charge >= 0.3 is 5.97 Å². The van der Waals surface area contributed by atoms with Gasteiger partial charge in [0.05, 0.1) is 12.7 Å². The van der Waals surface area contributed by atoms with Crippen molar-refractivity contribution in [1.82, 2.24) is 5.32 Å². The number of rotatable bonds is 2. The molecule has 1 aromatic carbocycles. The zero-order chi connectivity index (χ0) is 15.1. The molecule has 1 saturated carbocycles. The lowest BCUT2D eigenvalue weighted by atomic mass is 9.59. The summed E-state index contributed by atoms with van der Waals surface area (Å²) in [5.41, 5.74) is 1.33. The van der Waals surface area contributed by atoms with Crippen molar-refractivity contribution in [2.45, 2.75) is 37.6 Å². The van der Waals surface area contributed by atoms with Gasteiger partial charge in [0.15, 0.2) is 0 Å². The van der Waals surface area contributed by atoms with E-state index in [0.717, 1.165) is 24.9 Å². The normalized spacial score (nSPS) is 26.1. The smallest absolute Gasteiger partial charge is 0.337 e. The Labute approximate surface area is 122 Å².